The molecule has 0 aromatic heterocycles. The fourth-order valence-electron chi connectivity index (χ4n) is 1.60. The van der Waals surface area contributed by atoms with Gasteiger partial charge in [-0.25, -0.2) is 0 Å². The summed E-state index contributed by atoms with van der Waals surface area (Å²) in [6.07, 6.45) is 2.02. The Kier molecular flexibility index (Phi) is 1.04. The molecule has 0 N–H and O–H groups in total. The lowest BCUT2D eigenvalue weighted by Crippen LogP contribution is -1.97. The van der Waals surface area contributed by atoms with Crippen molar-refractivity contribution in [3.05, 3.63) is 0 Å². The number of halogens is 3. The van der Waals surface area contributed by atoms with Crippen LogP contribution in [-0.2, 0) is 0 Å². The molecular weight excluding hydrogens is 189 g/mol. The zero-order valence-electron chi connectivity index (χ0n) is 4.78. The molecule has 0 aromatic carbocycles. The van der Waals surface area contributed by atoms with Crippen molar-refractivity contribution in [2.75, 3.05) is 0 Å². The third-order valence-corrected chi connectivity index (χ3v) is 4.00. The van der Waals surface area contributed by atoms with Crippen LogP contribution in [-0.4, -0.2) is 12.1 Å². The summed E-state index contributed by atoms with van der Waals surface area (Å²) < 4.78 is 24.0. The molecule has 2 aliphatic carbocycles. The fourth-order valence-corrected chi connectivity index (χ4v) is 2.97. The van der Waals surface area contributed by atoms with Gasteiger partial charge in [0.15, 0.2) is 0 Å². The minimum atomic E-state index is -2.10. The first-order chi connectivity index (χ1) is 4.18. The van der Waals surface area contributed by atoms with Crippen LogP contribution in [0.3, 0.4) is 0 Å². The van der Waals surface area contributed by atoms with Gasteiger partial charge in [-0.1, -0.05) is 15.9 Å². The predicted octanol–water partition coefficient (Wildman–Crippen LogP) is 2.34. The molecule has 0 nitrogen and oxygen atoms in total. The lowest BCUT2D eigenvalue weighted by Gasteiger charge is -1.83. The molecule has 0 amide bonds. The lowest BCUT2D eigenvalue weighted by molar-refractivity contribution is 0.638. The van der Waals surface area contributed by atoms with E-state index in [9.17, 15) is 8.63 Å². The van der Waals surface area contributed by atoms with Gasteiger partial charge in [-0.15, -0.1) is 0 Å². The van der Waals surface area contributed by atoms with Crippen LogP contribution in [0, 0.1) is 5.41 Å². The van der Waals surface area contributed by atoms with Crippen LogP contribution in [0.2, 0.25) is 5.82 Å². The van der Waals surface area contributed by atoms with E-state index < -0.39 is 7.27 Å². The van der Waals surface area contributed by atoms with Crippen LogP contribution in [0.25, 0.3) is 0 Å². The monoisotopic (exact) mass is 194 g/mol. The highest BCUT2D eigenvalue weighted by atomic mass is 79.9. The van der Waals surface area contributed by atoms with Gasteiger partial charge < -0.3 is 0 Å². The van der Waals surface area contributed by atoms with E-state index in [2.05, 4.69) is 15.9 Å². The quantitative estimate of drug-likeness (QED) is 0.444. The second-order valence-corrected chi connectivity index (χ2v) is 3.98. The molecule has 9 heavy (non-hydrogen) atoms. The Balaban J connectivity index is 2.04. The highest BCUT2D eigenvalue weighted by Crippen LogP contribution is 2.78. The molecule has 2 atom stereocenters. The van der Waals surface area contributed by atoms with Crippen molar-refractivity contribution in [1.82, 2.24) is 0 Å². The second-order valence-electron chi connectivity index (χ2n) is 3.00. The smallest absolute Gasteiger partial charge is 0.287 e. The molecule has 2 aliphatic rings. The van der Waals surface area contributed by atoms with Crippen LogP contribution in [0.5, 0.6) is 0 Å². The summed E-state index contributed by atoms with van der Waals surface area (Å²) in [4.78, 5) is 0.130. The third kappa shape index (κ3) is 0.629. The van der Waals surface area contributed by atoms with Gasteiger partial charge in [-0.3, -0.25) is 8.63 Å². The van der Waals surface area contributed by atoms with Gasteiger partial charge in [0, 0.05) is 10.6 Å². The van der Waals surface area contributed by atoms with Crippen molar-refractivity contribution in [3.8, 4) is 0 Å². The normalized spacial score (nSPS) is 43.0. The maximum Gasteiger partial charge on any atom is 0.542 e. The summed E-state index contributed by atoms with van der Waals surface area (Å²) in [7, 11) is -2.10. The van der Waals surface area contributed by atoms with E-state index in [0.29, 0.717) is 0 Å². The molecule has 0 saturated heterocycles. The Labute approximate surface area is 61.3 Å². The number of alkyl halides is 1. The van der Waals surface area contributed by atoms with Gasteiger partial charge >= 0.3 is 7.27 Å². The van der Waals surface area contributed by atoms with Crippen LogP contribution in [0.4, 0.5) is 8.63 Å². The van der Waals surface area contributed by atoms with Crippen molar-refractivity contribution in [3.63, 3.8) is 0 Å². The van der Waals surface area contributed by atoms with Gasteiger partial charge in [0.1, 0.15) is 0 Å². The van der Waals surface area contributed by atoms with E-state index >= 15 is 0 Å². The second kappa shape index (κ2) is 1.52. The molecule has 2 rings (SSSR count). The molecule has 0 aromatic rings. The average molecular weight is 195 g/mol. The summed E-state index contributed by atoms with van der Waals surface area (Å²) in [5, 5.41) is 0. The molecule has 2 unspecified atom stereocenters. The number of rotatable bonds is 1. The highest BCUT2D eigenvalue weighted by molar-refractivity contribution is 9.09. The molecule has 50 valence electrons. The van der Waals surface area contributed by atoms with Crippen LogP contribution in [0.15, 0.2) is 0 Å². The van der Waals surface area contributed by atoms with Crippen molar-refractivity contribution in [2.24, 2.45) is 5.41 Å². The maximum atomic E-state index is 12.0. The number of hydrogen-bond acceptors (Lipinski definition) is 0. The fraction of sp³-hybridized carbons (Fsp3) is 1.00. The third-order valence-electron chi connectivity index (χ3n) is 2.52. The van der Waals surface area contributed by atoms with E-state index in [0.717, 1.165) is 12.8 Å². The van der Waals surface area contributed by atoms with Crippen LogP contribution >= 0.6 is 15.9 Å². The topological polar surface area (TPSA) is 0 Å². The highest BCUT2D eigenvalue weighted by Gasteiger charge is 2.75. The average Bonchev–Trinajstić information content (AvgIpc) is 2.54. The Hall–Kier alpha value is 0.405. The molecule has 4 heteroatoms. The van der Waals surface area contributed by atoms with Gasteiger partial charge in [-0.05, 0) is 18.3 Å². The number of hydrogen-bond donors (Lipinski definition) is 0. The van der Waals surface area contributed by atoms with E-state index in [4.69, 9.17) is 0 Å². The molecular formula is C5H6BBrF2. The molecule has 0 aliphatic heterocycles. The van der Waals surface area contributed by atoms with Crippen LogP contribution < -0.4 is 0 Å². The van der Waals surface area contributed by atoms with E-state index in [1.165, 1.54) is 0 Å². The standard InChI is InChI=1S/C5H6BBrF2/c7-4-3(6(8)9)5(4)1-2-5/h3-4H,1-2H2. The first-order valence-corrected chi connectivity index (χ1v) is 4.02. The van der Waals surface area contributed by atoms with E-state index in [1.54, 1.807) is 0 Å². The van der Waals surface area contributed by atoms with Gasteiger partial charge in [0.05, 0.1) is 0 Å². The summed E-state index contributed by atoms with van der Waals surface area (Å²) in [5.74, 6) is -0.322. The molecule has 2 saturated carbocycles. The van der Waals surface area contributed by atoms with E-state index in [-0.39, 0.29) is 16.1 Å². The largest absolute Gasteiger partial charge is 0.542 e. The molecule has 0 bridgehead atoms. The summed E-state index contributed by atoms with van der Waals surface area (Å²) >= 11 is 3.25. The first kappa shape index (κ1) is 6.14. The SMILES string of the molecule is FB(F)C1C(Br)C12CC2. The first-order valence-electron chi connectivity index (χ1n) is 3.11. The van der Waals surface area contributed by atoms with Crippen LogP contribution in [0.1, 0.15) is 12.8 Å². The summed E-state index contributed by atoms with van der Waals surface area (Å²) in [6, 6.07) is 0. The van der Waals surface area contributed by atoms with Crippen molar-refractivity contribution in [2.45, 2.75) is 23.5 Å². The lowest BCUT2D eigenvalue weighted by atomic mass is 9.88. The van der Waals surface area contributed by atoms with Gasteiger partial charge in [-0.2, -0.15) is 0 Å². The predicted molar refractivity (Wildman–Crippen MR) is 36.1 cm³/mol. The maximum absolute atomic E-state index is 12.0. The van der Waals surface area contributed by atoms with Gasteiger partial charge in [0.25, 0.3) is 0 Å². The minimum Gasteiger partial charge on any atom is -0.287 e. The zero-order valence-corrected chi connectivity index (χ0v) is 6.37. The summed E-state index contributed by atoms with van der Waals surface area (Å²) in [5.41, 5.74) is 0.0637. The Bertz CT molecular complexity index is 146. The Morgan fingerprint density at radius 2 is 2.00 bits per heavy atom. The van der Waals surface area contributed by atoms with Crippen molar-refractivity contribution in [1.29, 1.82) is 0 Å². The summed E-state index contributed by atoms with van der Waals surface area (Å²) in [6.45, 7) is 0. The zero-order chi connectivity index (χ0) is 6.65. The van der Waals surface area contributed by atoms with Gasteiger partial charge in [0.2, 0.25) is 0 Å². The van der Waals surface area contributed by atoms with Crippen molar-refractivity contribution >= 4 is 23.2 Å². The molecule has 1 spiro atoms. The molecule has 0 heterocycles. The molecule has 0 radical (unpaired) electrons. The Morgan fingerprint density at radius 3 is 2.11 bits per heavy atom. The minimum absolute atomic E-state index is 0.0637. The molecule has 2 fully saturated rings. The Morgan fingerprint density at radius 1 is 1.44 bits per heavy atom. The van der Waals surface area contributed by atoms with Crippen molar-refractivity contribution < 1.29 is 8.63 Å². The van der Waals surface area contributed by atoms with E-state index in [1.807, 2.05) is 0 Å².